The molecular formula is C22H26N4O2. The molecule has 2 amide bonds. The second-order valence-electron chi connectivity index (χ2n) is 6.90. The number of benzene rings is 2. The fraction of sp³-hybridized carbons (Fsp3) is 0.273. The van der Waals surface area contributed by atoms with Gasteiger partial charge in [0.15, 0.2) is 0 Å². The third-order valence-corrected chi connectivity index (χ3v) is 4.61. The molecule has 3 rings (SSSR count). The van der Waals surface area contributed by atoms with Gasteiger partial charge in [0.1, 0.15) is 5.75 Å². The number of hydrogen-bond acceptors (Lipinski definition) is 3. The molecule has 1 atom stereocenters. The summed E-state index contributed by atoms with van der Waals surface area (Å²) in [7, 11) is 3.41. The molecule has 1 heterocycles. The minimum absolute atomic E-state index is 0.150. The zero-order valence-corrected chi connectivity index (χ0v) is 16.7. The highest BCUT2D eigenvalue weighted by Gasteiger charge is 2.17. The van der Waals surface area contributed by atoms with E-state index >= 15 is 0 Å². The number of nitrogens with one attached hydrogen (secondary N) is 1. The summed E-state index contributed by atoms with van der Waals surface area (Å²) in [6.07, 6.45) is 3.72. The number of rotatable bonds is 6. The molecule has 6 nitrogen and oxygen atoms in total. The summed E-state index contributed by atoms with van der Waals surface area (Å²) in [5.41, 5.74) is 4.03. The Hall–Kier alpha value is -3.28. The van der Waals surface area contributed by atoms with Crippen LogP contribution in [0.25, 0.3) is 5.69 Å². The number of carbonyl (C=O) groups excluding carboxylic acids is 1. The molecule has 2 aromatic carbocycles. The molecule has 0 fully saturated rings. The average Bonchev–Trinajstić information content (AvgIpc) is 3.17. The molecule has 0 aliphatic heterocycles. The van der Waals surface area contributed by atoms with E-state index in [0.29, 0.717) is 6.54 Å². The molecule has 1 N–H and O–H groups in total. The van der Waals surface area contributed by atoms with E-state index in [4.69, 9.17) is 4.74 Å². The highest BCUT2D eigenvalue weighted by Crippen LogP contribution is 2.26. The van der Waals surface area contributed by atoms with Gasteiger partial charge in [-0.3, -0.25) is 0 Å². The van der Waals surface area contributed by atoms with Crippen molar-refractivity contribution in [1.82, 2.24) is 20.0 Å². The van der Waals surface area contributed by atoms with Gasteiger partial charge in [0.25, 0.3) is 0 Å². The molecule has 1 unspecified atom stereocenters. The number of aryl methyl sites for hydroxylation is 1. The Balaban J connectivity index is 1.64. The summed E-state index contributed by atoms with van der Waals surface area (Å²) in [5, 5.41) is 7.42. The molecule has 1 aromatic heterocycles. The normalized spacial score (nSPS) is 11.7. The largest absolute Gasteiger partial charge is 0.496 e. The van der Waals surface area contributed by atoms with Gasteiger partial charge < -0.3 is 15.0 Å². The Labute approximate surface area is 165 Å². The standard InChI is InChI=1S/C22H26N4O2/c1-16-10-11-21(28-4)20(12-16)17(2)24-22(27)25(3)14-18-13-23-26(15-18)19-8-6-5-7-9-19/h5-13,15,17H,14H2,1-4H3,(H,24,27). The van der Waals surface area contributed by atoms with Gasteiger partial charge in [-0.15, -0.1) is 0 Å². The van der Waals surface area contributed by atoms with E-state index in [2.05, 4.69) is 10.4 Å². The van der Waals surface area contributed by atoms with E-state index in [9.17, 15) is 4.79 Å². The van der Waals surface area contributed by atoms with Crippen LogP contribution < -0.4 is 10.1 Å². The van der Waals surface area contributed by atoms with Gasteiger partial charge in [-0.05, 0) is 32.0 Å². The lowest BCUT2D eigenvalue weighted by molar-refractivity contribution is 0.203. The molecule has 0 spiro atoms. The van der Waals surface area contributed by atoms with Crippen LogP contribution in [0.3, 0.4) is 0 Å². The van der Waals surface area contributed by atoms with E-state index in [-0.39, 0.29) is 12.1 Å². The molecular weight excluding hydrogens is 352 g/mol. The molecule has 146 valence electrons. The Morgan fingerprint density at radius 2 is 2.00 bits per heavy atom. The number of nitrogens with zero attached hydrogens (tertiary/aromatic N) is 3. The van der Waals surface area contributed by atoms with Gasteiger partial charge in [-0.2, -0.15) is 5.10 Å². The summed E-state index contributed by atoms with van der Waals surface area (Å²) in [6.45, 7) is 4.45. The first kappa shape index (κ1) is 19.5. The number of para-hydroxylation sites is 1. The molecule has 0 saturated carbocycles. The van der Waals surface area contributed by atoms with E-state index in [0.717, 1.165) is 28.1 Å². The topological polar surface area (TPSA) is 59.4 Å². The summed E-state index contributed by atoms with van der Waals surface area (Å²) >= 11 is 0. The van der Waals surface area contributed by atoms with Crippen LogP contribution >= 0.6 is 0 Å². The maximum absolute atomic E-state index is 12.6. The quantitative estimate of drug-likeness (QED) is 0.703. The number of hydrogen-bond donors (Lipinski definition) is 1. The third-order valence-electron chi connectivity index (χ3n) is 4.61. The number of aromatic nitrogens is 2. The lowest BCUT2D eigenvalue weighted by Crippen LogP contribution is -2.38. The van der Waals surface area contributed by atoms with Crippen molar-refractivity contribution < 1.29 is 9.53 Å². The zero-order chi connectivity index (χ0) is 20.1. The van der Waals surface area contributed by atoms with Crippen molar-refractivity contribution in [2.24, 2.45) is 0 Å². The Morgan fingerprint density at radius 1 is 1.25 bits per heavy atom. The Bertz CT molecular complexity index is 937. The Kier molecular flexibility index (Phi) is 5.99. The summed E-state index contributed by atoms with van der Waals surface area (Å²) in [4.78, 5) is 14.3. The molecule has 0 aliphatic rings. The van der Waals surface area contributed by atoms with Crippen LogP contribution in [0.15, 0.2) is 60.9 Å². The van der Waals surface area contributed by atoms with Crippen molar-refractivity contribution in [3.8, 4) is 11.4 Å². The highest BCUT2D eigenvalue weighted by molar-refractivity contribution is 5.74. The monoisotopic (exact) mass is 378 g/mol. The highest BCUT2D eigenvalue weighted by atomic mass is 16.5. The SMILES string of the molecule is COc1ccc(C)cc1C(C)NC(=O)N(C)Cc1cnn(-c2ccccc2)c1. The second-order valence-corrected chi connectivity index (χ2v) is 6.90. The molecule has 6 heteroatoms. The van der Waals surface area contributed by atoms with Crippen LogP contribution in [-0.2, 0) is 6.54 Å². The van der Waals surface area contributed by atoms with E-state index in [1.54, 1.807) is 29.9 Å². The lowest BCUT2D eigenvalue weighted by Gasteiger charge is -2.22. The van der Waals surface area contributed by atoms with Crippen LogP contribution in [0, 0.1) is 6.92 Å². The molecule has 0 saturated heterocycles. The van der Waals surface area contributed by atoms with Crippen molar-refractivity contribution in [2.45, 2.75) is 26.4 Å². The third kappa shape index (κ3) is 4.52. The first-order valence-corrected chi connectivity index (χ1v) is 9.23. The average molecular weight is 378 g/mol. The summed E-state index contributed by atoms with van der Waals surface area (Å²) < 4.78 is 7.23. The van der Waals surface area contributed by atoms with Crippen molar-refractivity contribution in [3.63, 3.8) is 0 Å². The number of methoxy groups -OCH3 is 1. The Morgan fingerprint density at radius 3 is 2.71 bits per heavy atom. The fourth-order valence-corrected chi connectivity index (χ4v) is 3.07. The first-order chi connectivity index (χ1) is 13.5. The molecule has 3 aromatic rings. The van der Waals surface area contributed by atoms with Crippen LogP contribution in [0.2, 0.25) is 0 Å². The molecule has 0 radical (unpaired) electrons. The van der Waals surface area contributed by atoms with Gasteiger partial charge in [0.05, 0.1) is 31.6 Å². The van der Waals surface area contributed by atoms with Crippen molar-refractivity contribution in [3.05, 3.63) is 77.6 Å². The fourth-order valence-electron chi connectivity index (χ4n) is 3.07. The summed E-state index contributed by atoms with van der Waals surface area (Å²) in [5.74, 6) is 0.769. The lowest BCUT2D eigenvalue weighted by atomic mass is 10.0. The van der Waals surface area contributed by atoms with Gasteiger partial charge in [0, 0.05) is 24.4 Å². The van der Waals surface area contributed by atoms with Crippen LogP contribution in [0.1, 0.15) is 29.7 Å². The van der Waals surface area contributed by atoms with E-state index < -0.39 is 0 Å². The van der Waals surface area contributed by atoms with Gasteiger partial charge in [-0.25, -0.2) is 9.48 Å². The molecule has 0 bridgehead atoms. The van der Waals surface area contributed by atoms with Crippen LogP contribution in [0.5, 0.6) is 5.75 Å². The second kappa shape index (κ2) is 8.61. The molecule has 28 heavy (non-hydrogen) atoms. The maximum atomic E-state index is 12.6. The minimum Gasteiger partial charge on any atom is -0.496 e. The summed E-state index contributed by atoms with van der Waals surface area (Å²) in [6, 6.07) is 15.5. The van der Waals surface area contributed by atoms with Crippen LogP contribution in [-0.4, -0.2) is 34.9 Å². The van der Waals surface area contributed by atoms with Crippen molar-refractivity contribution in [1.29, 1.82) is 0 Å². The van der Waals surface area contributed by atoms with Gasteiger partial charge in [0.2, 0.25) is 0 Å². The van der Waals surface area contributed by atoms with E-state index in [1.165, 1.54) is 0 Å². The predicted octanol–water partition coefficient (Wildman–Crippen LogP) is 4.09. The smallest absolute Gasteiger partial charge is 0.317 e. The van der Waals surface area contributed by atoms with Crippen molar-refractivity contribution in [2.75, 3.05) is 14.2 Å². The zero-order valence-electron chi connectivity index (χ0n) is 16.7. The van der Waals surface area contributed by atoms with Gasteiger partial charge >= 0.3 is 6.03 Å². The maximum Gasteiger partial charge on any atom is 0.317 e. The predicted molar refractivity (Wildman–Crippen MR) is 110 cm³/mol. The number of amides is 2. The van der Waals surface area contributed by atoms with Gasteiger partial charge in [-0.1, -0.05) is 35.9 Å². The number of ether oxygens (including phenoxy) is 1. The van der Waals surface area contributed by atoms with Crippen LogP contribution in [0.4, 0.5) is 4.79 Å². The number of urea groups is 1. The van der Waals surface area contributed by atoms with Crippen molar-refractivity contribution >= 4 is 6.03 Å². The first-order valence-electron chi connectivity index (χ1n) is 9.23. The number of carbonyl (C=O) groups is 1. The van der Waals surface area contributed by atoms with E-state index in [1.807, 2.05) is 68.6 Å². The molecule has 0 aliphatic carbocycles. The minimum atomic E-state index is -0.170.